The molecule has 0 N–H and O–H groups in total. The van der Waals surface area contributed by atoms with Gasteiger partial charge in [0.05, 0.1) is 16.1 Å². The summed E-state index contributed by atoms with van der Waals surface area (Å²) in [6.07, 6.45) is -4.44. The molecule has 6 nitrogen and oxygen atoms in total. The molecule has 0 amide bonds. The minimum Gasteiger partial charge on any atom is -0.299 e. The quantitative estimate of drug-likeness (QED) is 0.307. The molecule has 0 spiro atoms. The lowest BCUT2D eigenvalue weighted by molar-refractivity contribution is -0.145. The van der Waals surface area contributed by atoms with E-state index in [-0.39, 0.29) is 30.6 Å². The number of Topliss-reactive ketones (excluding diaryl/α,β-unsaturated/α-hetero) is 1. The Morgan fingerprint density at radius 1 is 1.03 bits per heavy atom. The van der Waals surface area contributed by atoms with E-state index in [1.54, 1.807) is 19.1 Å². The zero-order valence-corrected chi connectivity index (χ0v) is 20.4. The fraction of sp³-hybridized carbons (Fsp3) is 0.360. The van der Waals surface area contributed by atoms with E-state index in [4.69, 9.17) is 0 Å². The molecule has 2 aromatic heterocycles. The highest BCUT2D eigenvalue weighted by molar-refractivity contribution is 7.92. The minimum absolute atomic E-state index is 0.0297. The van der Waals surface area contributed by atoms with Crippen molar-refractivity contribution in [2.75, 3.05) is 0 Å². The normalized spacial score (nSPS) is 20.2. The van der Waals surface area contributed by atoms with E-state index in [1.165, 1.54) is 0 Å². The van der Waals surface area contributed by atoms with E-state index in [1.807, 2.05) is 0 Å². The summed E-state index contributed by atoms with van der Waals surface area (Å²) in [4.78, 5) is 23.9. The third-order valence-electron chi connectivity index (χ3n) is 6.30. The van der Waals surface area contributed by atoms with Crippen molar-refractivity contribution >= 4 is 15.6 Å². The summed E-state index contributed by atoms with van der Waals surface area (Å²) in [6.45, 7) is 1.67. The van der Waals surface area contributed by atoms with E-state index in [0.717, 1.165) is 36.7 Å². The van der Waals surface area contributed by atoms with Crippen LogP contribution in [0.4, 0.5) is 22.0 Å². The van der Waals surface area contributed by atoms with Crippen LogP contribution in [-0.4, -0.2) is 40.6 Å². The summed E-state index contributed by atoms with van der Waals surface area (Å²) in [5.74, 6) is -3.81. The zero-order chi connectivity index (χ0) is 27.0. The number of aromatic nitrogens is 3. The Morgan fingerprint density at radius 3 is 2.30 bits per heavy atom. The highest BCUT2D eigenvalue weighted by atomic mass is 32.2. The maximum Gasteiger partial charge on any atom is 0.451 e. The number of benzene rings is 1. The number of alkyl halides is 4. The molecule has 1 aliphatic rings. The van der Waals surface area contributed by atoms with Gasteiger partial charge >= 0.3 is 6.18 Å². The number of hydrogen-bond acceptors (Lipinski definition) is 6. The Hall–Kier alpha value is -3.28. The van der Waals surface area contributed by atoms with Crippen LogP contribution in [-0.2, 0) is 27.2 Å². The number of ketones is 1. The summed E-state index contributed by atoms with van der Waals surface area (Å²) < 4.78 is 92.4. The van der Waals surface area contributed by atoms with Gasteiger partial charge in [-0.3, -0.25) is 9.78 Å². The molecule has 1 unspecified atom stereocenters. The first kappa shape index (κ1) is 26.8. The lowest BCUT2D eigenvalue weighted by atomic mass is 9.96. The van der Waals surface area contributed by atoms with Gasteiger partial charge in [0, 0.05) is 35.8 Å². The number of rotatable bonds is 7. The van der Waals surface area contributed by atoms with E-state index in [9.17, 15) is 35.2 Å². The predicted octanol–water partition coefficient (Wildman–Crippen LogP) is 5.10. The molecule has 196 valence electrons. The molecule has 0 bridgehead atoms. The number of carbonyl (C=O) groups excluding carboxylic acids is 1. The molecule has 1 aliphatic carbocycles. The van der Waals surface area contributed by atoms with Gasteiger partial charge in [0.25, 0.3) is 0 Å². The van der Waals surface area contributed by atoms with E-state index >= 15 is 0 Å². The molecule has 3 aromatic rings. The Bertz CT molecular complexity index is 1390. The second-order valence-corrected chi connectivity index (χ2v) is 11.1. The van der Waals surface area contributed by atoms with Gasteiger partial charge < -0.3 is 0 Å². The first-order valence-electron chi connectivity index (χ1n) is 11.4. The highest BCUT2D eigenvalue weighted by Gasteiger charge is 2.47. The van der Waals surface area contributed by atoms with Crippen LogP contribution in [0.3, 0.4) is 0 Å². The molecule has 1 saturated carbocycles. The van der Waals surface area contributed by atoms with Crippen LogP contribution >= 0.6 is 0 Å². The van der Waals surface area contributed by atoms with Gasteiger partial charge in [-0.25, -0.2) is 27.2 Å². The van der Waals surface area contributed by atoms with Crippen molar-refractivity contribution < 1.29 is 35.2 Å². The number of sulfone groups is 1. The summed E-state index contributed by atoms with van der Waals surface area (Å²) in [6, 6.07) is 7.38. The Kier molecular flexibility index (Phi) is 7.40. The number of halogens is 5. The van der Waals surface area contributed by atoms with Crippen molar-refractivity contribution in [1.82, 2.24) is 15.0 Å². The van der Waals surface area contributed by atoms with Crippen LogP contribution in [0, 0.1) is 18.7 Å². The molecule has 2 heterocycles. The van der Waals surface area contributed by atoms with Crippen LogP contribution in [0.5, 0.6) is 0 Å². The summed E-state index contributed by atoms with van der Waals surface area (Å²) in [5, 5.41) is -1.26. The first-order chi connectivity index (χ1) is 17.4. The zero-order valence-electron chi connectivity index (χ0n) is 19.5. The molecule has 0 radical (unpaired) electrons. The Labute approximate surface area is 209 Å². The van der Waals surface area contributed by atoms with Crippen molar-refractivity contribution in [1.29, 1.82) is 0 Å². The average Bonchev–Trinajstić information content (AvgIpc) is 3.24. The van der Waals surface area contributed by atoms with Crippen molar-refractivity contribution in [3.8, 4) is 11.1 Å². The lowest BCUT2D eigenvalue weighted by Gasteiger charge is -2.20. The third-order valence-corrected chi connectivity index (χ3v) is 8.56. The van der Waals surface area contributed by atoms with E-state index in [0.29, 0.717) is 22.5 Å². The van der Waals surface area contributed by atoms with Gasteiger partial charge in [-0.2, -0.15) is 13.2 Å². The molecule has 0 aliphatic heterocycles. The molecule has 0 saturated heterocycles. The van der Waals surface area contributed by atoms with Crippen molar-refractivity contribution in [3.05, 3.63) is 71.8 Å². The molecule has 12 heteroatoms. The van der Waals surface area contributed by atoms with Gasteiger partial charge in [0.2, 0.25) is 5.82 Å². The monoisotopic (exact) mass is 539 g/mol. The molecule has 37 heavy (non-hydrogen) atoms. The molecule has 4 rings (SSSR count). The van der Waals surface area contributed by atoms with Crippen molar-refractivity contribution in [3.63, 3.8) is 0 Å². The Morgan fingerprint density at radius 2 is 1.68 bits per heavy atom. The molecule has 1 aromatic carbocycles. The highest BCUT2D eigenvalue weighted by Crippen LogP contribution is 2.38. The largest absolute Gasteiger partial charge is 0.451 e. The fourth-order valence-electron chi connectivity index (χ4n) is 4.55. The fourth-order valence-corrected chi connectivity index (χ4v) is 6.56. The number of nitrogens with zero attached hydrogens (tertiary/aromatic N) is 3. The predicted molar refractivity (Wildman–Crippen MR) is 123 cm³/mol. The average molecular weight is 540 g/mol. The Balaban J connectivity index is 1.51. The molecule has 1 fully saturated rings. The summed E-state index contributed by atoms with van der Waals surface area (Å²) >= 11 is 0. The summed E-state index contributed by atoms with van der Waals surface area (Å²) in [5.41, 5.74) is 1.76. The van der Waals surface area contributed by atoms with Gasteiger partial charge in [-0.1, -0.05) is 0 Å². The van der Waals surface area contributed by atoms with Crippen LogP contribution in [0.15, 0.2) is 53.7 Å². The number of pyridine rings is 1. The van der Waals surface area contributed by atoms with Crippen LogP contribution < -0.4 is 0 Å². The lowest BCUT2D eigenvalue weighted by Crippen LogP contribution is -2.35. The van der Waals surface area contributed by atoms with Gasteiger partial charge in [-0.15, -0.1) is 0 Å². The molecular weight excluding hydrogens is 517 g/mol. The minimum atomic E-state index is -4.67. The number of aryl methyl sites for hydroxylation is 2. The topological polar surface area (TPSA) is 89.9 Å². The van der Waals surface area contributed by atoms with Crippen LogP contribution in [0.1, 0.15) is 36.5 Å². The van der Waals surface area contributed by atoms with Crippen LogP contribution in [0.25, 0.3) is 11.1 Å². The number of carbonyl (C=O) groups is 1. The SMILES string of the molecule is Cc1cc(-c2cnc(C(F)(F)F)nc2)cc(CCC(=O)[C@H]2C(S(=O)(=O)c3ccc(F)cc3)CC[C@@H]2F)n1. The van der Waals surface area contributed by atoms with Crippen molar-refractivity contribution in [2.45, 2.75) is 55.1 Å². The van der Waals surface area contributed by atoms with Gasteiger partial charge in [-0.05, 0) is 68.1 Å². The van der Waals surface area contributed by atoms with E-state index < -0.39 is 50.8 Å². The molecular formula is C25H22F5N3O3S. The van der Waals surface area contributed by atoms with Crippen LogP contribution in [0.2, 0.25) is 0 Å². The van der Waals surface area contributed by atoms with Gasteiger partial charge in [0.15, 0.2) is 9.84 Å². The maximum atomic E-state index is 14.7. The van der Waals surface area contributed by atoms with E-state index in [2.05, 4.69) is 15.0 Å². The second-order valence-electron chi connectivity index (χ2n) is 8.90. The standard InChI is InChI=1S/C25H22F5N3O3S/c1-14-10-15(16-12-31-24(32-13-16)25(28,29)30)11-18(33-14)4-8-21(34)23-20(27)7-9-22(23)37(35,36)19-5-2-17(26)3-6-19/h2-3,5-6,10-13,20,22-23H,4,7-9H2,1H3/t20-,22?,23-/m0/s1. The first-order valence-corrected chi connectivity index (χ1v) is 12.9. The third kappa shape index (κ3) is 5.84. The summed E-state index contributed by atoms with van der Waals surface area (Å²) in [7, 11) is -4.07. The second kappa shape index (κ2) is 10.2. The maximum absolute atomic E-state index is 14.7. The number of hydrogen-bond donors (Lipinski definition) is 0. The van der Waals surface area contributed by atoms with Gasteiger partial charge in [0.1, 0.15) is 17.8 Å². The molecule has 3 atom stereocenters. The smallest absolute Gasteiger partial charge is 0.299 e. The van der Waals surface area contributed by atoms with Crippen molar-refractivity contribution in [2.24, 2.45) is 5.92 Å².